The quantitative estimate of drug-likeness (QED) is 0.679. The number of rotatable bonds is 8. The van der Waals surface area contributed by atoms with E-state index in [9.17, 15) is 13.2 Å². The Hall–Kier alpha value is -1.90. The fourth-order valence-corrected chi connectivity index (χ4v) is 4.24. The van der Waals surface area contributed by atoms with E-state index in [1.54, 1.807) is 18.2 Å². The molecule has 1 heterocycles. The summed E-state index contributed by atoms with van der Waals surface area (Å²) in [6, 6.07) is 4.85. The van der Waals surface area contributed by atoms with E-state index in [-0.39, 0.29) is 16.6 Å². The molecule has 1 aromatic carbocycles. The second kappa shape index (κ2) is 9.87. The smallest absolute Gasteiger partial charge is 0.246 e. The van der Waals surface area contributed by atoms with Crippen molar-refractivity contribution in [1.82, 2.24) is 9.62 Å². The highest BCUT2D eigenvalue weighted by atomic mass is 32.2. The first kappa shape index (κ1) is 21.4. The summed E-state index contributed by atoms with van der Waals surface area (Å²) < 4.78 is 37.8. The first-order chi connectivity index (χ1) is 12.8. The predicted octanol–water partition coefficient (Wildman–Crippen LogP) is 1.89. The molecule has 1 amide bonds. The molecule has 0 saturated carbocycles. The van der Waals surface area contributed by atoms with Gasteiger partial charge >= 0.3 is 0 Å². The van der Waals surface area contributed by atoms with Crippen LogP contribution in [0.15, 0.2) is 29.2 Å². The number of hydrogen-bond acceptors (Lipinski definition) is 5. The first-order valence-corrected chi connectivity index (χ1v) is 10.5. The standard InChI is InChI=1S/C19H28N2O5S/c1-15(2)8-9-20-19(22)7-5-16-4-6-17(25-3)18(14-16)27(23,24)21-10-12-26-13-11-21/h4-7,14-15H,8-13H2,1-3H3,(H,20,22). The molecule has 0 spiro atoms. The molecular formula is C19H28N2O5S. The van der Waals surface area contributed by atoms with Crippen LogP contribution in [0.2, 0.25) is 0 Å². The number of ether oxygens (including phenoxy) is 2. The molecule has 0 aromatic heterocycles. The number of hydrogen-bond donors (Lipinski definition) is 1. The van der Waals surface area contributed by atoms with Crippen molar-refractivity contribution in [2.45, 2.75) is 25.2 Å². The molecule has 27 heavy (non-hydrogen) atoms. The van der Waals surface area contributed by atoms with Crippen molar-refractivity contribution < 1.29 is 22.7 Å². The lowest BCUT2D eigenvalue weighted by atomic mass is 10.1. The third-order valence-corrected chi connectivity index (χ3v) is 6.14. The molecule has 150 valence electrons. The molecule has 1 aromatic rings. The summed E-state index contributed by atoms with van der Waals surface area (Å²) in [7, 11) is -2.26. The molecule has 7 nitrogen and oxygen atoms in total. The van der Waals surface area contributed by atoms with Crippen LogP contribution in [0.5, 0.6) is 5.75 Å². The summed E-state index contributed by atoms with van der Waals surface area (Å²) in [6.45, 7) is 6.16. The highest BCUT2D eigenvalue weighted by Gasteiger charge is 2.29. The Morgan fingerprint density at radius 3 is 2.67 bits per heavy atom. The van der Waals surface area contributed by atoms with Gasteiger partial charge in [0.25, 0.3) is 0 Å². The summed E-state index contributed by atoms with van der Waals surface area (Å²) in [4.78, 5) is 12.0. The maximum atomic E-state index is 12.9. The molecule has 0 bridgehead atoms. The van der Waals surface area contributed by atoms with Gasteiger partial charge in [0.2, 0.25) is 15.9 Å². The number of morpholine rings is 1. The van der Waals surface area contributed by atoms with Crippen LogP contribution in [0.3, 0.4) is 0 Å². The van der Waals surface area contributed by atoms with Gasteiger partial charge in [0.1, 0.15) is 10.6 Å². The Bertz CT molecular complexity index is 768. The lowest BCUT2D eigenvalue weighted by molar-refractivity contribution is -0.116. The molecule has 0 aliphatic carbocycles. The third kappa shape index (κ3) is 6.05. The Morgan fingerprint density at radius 1 is 1.33 bits per heavy atom. The van der Waals surface area contributed by atoms with Crippen molar-refractivity contribution in [2.75, 3.05) is 40.0 Å². The summed E-state index contributed by atoms with van der Waals surface area (Å²) in [6.07, 6.45) is 3.92. The number of carbonyl (C=O) groups is 1. The zero-order valence-electron chi connectivity index (χ0n) is 16.1. The summed E-state index contributed by atoms with van der Waals surface area (Å²) in [5.41, 5.74) is 0.613. The van der Waals surface area contributed by atoms with Crippen LogP contribution in [-0.2, 0) is 19.6 Å². The normalized spacial score (nSPS) is 16.0. The Labute approximate surface area is 161 Å². The van der Waals surface area contributed by atoms with Gasteiger partial charge in [0, 0.05) is 25.7 Å². The molecule has 1 N–H and O–H groups in total. The maximum Gasteiger partial charge on any atom is 0.246 e. The molecule has 2 rings (SSSR count). The number of nitrogens with one attached hydrogen (secondary N) is 1. The zero-order valence-corrected chi connectivity index (χ0v) is 16.9. The molecule has 1 aliphatic heterocycles. The van der Waals surface area contributed by atoms with E-state index < -0.39 is 10.0 Å². The lowest BCUT2D eigenvalue weighted by Gasteiger charge is -2.26. The third-order valence-electron chi connectivity index (χ3n) is 4.22. The fraction of sp³-hybridized carbons (Fsp3) is 0.526. The fourth-order valence-electron chi connectivity index (χ4n) is 2.64. The van der Waals surface area contributed by atoms with Crippen LogP contribution in [0.25, 0.3) is 6.08 Å². The van der Waals surface area contributed by atoms with Crippen molar-refractivity contribution in [3.05, 3.63) is 29.8 Å². The van der Waals surface area contributed by atoms with Crippen molar-refractivity contribution >= 4 is 22.0 Å². The van der Waals surface area contributed by atoms with Gasteiger partial charge in [-0.3, -0.25) is 4.79 Å². The minimum absolute atomic E-state index is 0.0919. The summed E-state index contributed by atoms with van der Waals surface area (Å²) in [5.74, 6) is 0.591. The van der Waals surface area contributed by atoms with Crippen LogP contribution in [-0.4, -0.2) is 58.6 Å². The number of benzene rings is 1. The van der Waals surface area contributed by atoms with Gasteiger partial charge in [0.15, 0.2) is 0 Å². The minimum atomic E-state index is -3.70. The number of carbonyl (C=O) groups excluding carboxylic acids is 1. The van der Waals surface area contributed by atoms with Crippen LogP contribution < -0.4 is 10.1 Å². The van der Waals surface area contributed by atoms with E-state index in [1.165, 1.54) is 23.6 Å². The second-order valence-electron chi connectivity index (χ2n) is 6.73. The molecule has 0 unspecified atom stereocenters. The van der Waals surface area contributed by atoms with Gasteiger partial charge in [-0.15, -0.1) is 0 Å². The van der Waals surface area contributed by atoms with Crippen LogP contribution in [0.1, 0.15) is 25.8 Å². The largest absolute Gasteiger partial charge is 0.495 e. The summed E-state index contributed by atoms with van der Waals surface area (Å²) in [5, 5.41) is 2.81. The van der Waals surface area contributed by atoms with E-state index in [0.717, 1.165) is 6.42 Å². The average molecular weight is 397 g/mol. The number of nitrogens with zero attached hydrogens (tertiary/aromatic N) is 1. The molecule has 0 radical (unpaired) electrons. The van der Waals surface area contributed by atoms with E-state index in [0.29, 0.717) is 44.3 Å². The zero-order chi connectivity index (χ0) is 19.9. The van der Waals surface area contributed by atoms with Crippen molar-refractivity contribution in [2.24, 2.45) is 5.92 Å². The molecule has 1 aliphatic rings. The monoisotopic (exact) mass is 396 g/mol. The van der Waals surface area contributed by atoms with Crippen LogP contribution >= 0.6 is 0 Å². The van der Waals surface area contributed by atoms with E-state index >= 15 is 0 Å². The number of amides is 1. The Morgan fingerprint density at radius 2 is 2.04 bits per heavy atom. The van der Waals surface area contributed by atoms with Crippen LogP contribution in [0.4, 0.5) is 0 Å². The van der Waals surface area contributed by atoms with Crippen molar-refractivity contribution in [3.8, 4) is 5.75 Å². The molecule has 1 fully saturated rings. The lowest BCUT2D eigenvalue weighted by Crippen LogP contribution is -2.40. The molecule has 0 atom stereocenters. The maximum absolute atomic E-state index is 12.9. The predicted molar refractivity (Wildman–Crippen MR) is 104 cm³/mol. The van der Waals surface area contributed by atoms with Gasteiger partial charge in [-0.05, 0) is 36.1 Å². The summed E-state index contributed by atoms with van der Waals surface area (Å²) >= 11 is 0. The average Bonchev–Trinajstić information content (AvgIpc) is 2.66. The molecular weight excluding hydrogens is 368 g/mol. The topological polar surface area (TPSA) is 84.9 Å². The van der Waals surface area contributed by atoms with Gasteiger partial charge < -0.3 is 14.8 Å². The number of sulfonamides is 1. The van der Waals surface area contributed by atoms with Gasteiger partial charge in [-0.1, -0.05) is 19.9 Å². The van der Waals surface area contributed by atoms with Gasteiger partial charge in [-0.2, -0.15) is 4.31 Å². The van der Waals surface area contributed by atoms with E-state index in [4.69, 9.17) is 9.47 Å². The van der Waals surface area contributed by atoms with Gasteiger partial charge in [0.05, 0.1) is 20.3 Å². The highest BCUT2D eigenvalue weighted by molar-refractivity contribution is 7.89. The Kier molecular flexibility index (Phi) is 7.82. The number of methoxy groups -OCH3 is 1. The minimum Gasteiger partial charge on any atom is -0.495 e. The van der Waals surface area contributed by atoms with Crippen molar-refractivity contribution in [3.63, 3.8) is 0 Å². The van der Waals surface area contributed by atoms with E-state index in [2.05, 4.69) is 19.2 Å². The highest BCUT2D eigenvalue weighted by Crippen LogP contribution is 2.28. The van der Waals surface area contributed by atoms with Gasteiger partial charge in [-0.25, -0.2) is 8.42 Å². The molecule has 8 heteroatoms. The van der Waals surface area contributed by atoms with E-state index in [1.807, 2.05) is 0 Å². The van der Waals surface area contributed by atoms with Crippen molar-refractivity contribution in [1.29, 1.82) is 0 Å². The SMILES string of the molecule is COc1ccc(C=CC(=O)NCCC(C)C)cc1S(=O)(=O)N1CCOCC1. The second-order valence-corrected chi connectivity index (χ2v) is 8.64. The molecule has 1 saturated heterocycles. The Balaban J connectivity index is 2.17. The first-order valence-electron chi connectivity index (χ1n) is 9.06. The van der Waals surface area contributed by atoms with Crippen LogP contribution in [0, 0.1) is 5.92 Å².